The summed E-state index contributed by atoms with van der Waals surface area (Å²) in [5.74, 6) is -0.177. The Morgan fingerprint density at radius 1 is 1.05 bits per heavy atom. The molecule has 3 rings (SSSR count). The monoisotopic (exact) mass is 303 g/mol. The molecule has 22 heavy (non-hydrogen) atoms. The highest BCUT2D eigenvalue weighted by molar-refractivity contribution is 6.05. The second-order valence-corrected chi connectivity index (χ2v) is 5.64. The molecule has 0 saturated carbocycles. The van der Waals surface area contributed by atoms with Gasteiger partial charge < -0.3 is 4.74 Å². The molecule has 2 atom stereocenters. The largest absolute Gasteiger partial charge is 0.494 e. The number of hydrogen-bond acceptors (Lipinski definition) is 3. The number of fused-ring (bicyclic) bond motifs is 1. The van der Waals surface area contributed by atoms with E-state index >= 15 is 0 Å². The molecule has 1 saturated heterocycles. The summed E-state index contributed by atoms with van der Waals surface area (Å²) in [7, 11) is 0. The summed E-state index contributed by atoms with van der Waals surface area (Å²) >= 11 is 0. The summed E-state index contributed by atoms with van der Waals surface area (Å²) in [4.78, 5) is 25.9. The average molecular weight is 303 g/mol. The lowest BCUT2D eigenvalue weighted by molar-refractivity contribution is -0.140. The third-order valence-corrected chi connectivity index (χ3v) is 4.21. The van der Waals surface area contributed by atoms with Crippen LogP contribution in [0.1, 0.15) is 19.3 Å². The van der Waals surface area contributed by atoms with Crippen LogP contribution in [0.4, 0.5) is 4.39 Å². The fraction of sp³-hybridized carbons (Fsp3) is 0.412. The van der Waals surface area contributed by atoms with Crippen molar-refractivity contribution < 1.29 is 18.7 Å². The number of nitrogens with zero attached hydrogens (tertiary/aromatic N) is 1. The van der Waals surface area contributed by atoms with E-state index in [1.54, 1.807) is 12.1 Å². The van der Waals surface area contributed by atoms with Crippen LogP contribution in [0.5, 0.6) is 5.75 Å². The van der Waals surface area contributed by atoms with Crippen molar-refractivity contribution in [3.63, 3.8) is 0 Å². The van der Waals surface area contributed by atoms with Crippen LogP contribution in [0.25, 0.3) is 0 Å². The molecule has 4 nitrogen and oxygen atoms in total. The van der Waals surface area contributed by atoms with Gasteiger partial charge in [0.1, 0.15) is 11.6 Å². The van der Waals surface area contributed by atoms with Gasteiger partial charge in [0, 0.05) is 6.54 Å². The first-order valence-electron chi connectivity index (χ1n) is 7.55. The summed E-state index contributed by atoms with van der Waals surface area (Å²) in [6, 6.07) is 5.78. The van der Waals surface area contributed by atoms with Crippen LogP contribution >= 0.6 is 0 Å². The van der Waals surface area contributed by atoms with Gasteiger partial charge in [0.05, 0.1) is 18.4 Å². The standard InChI is InChI=1S/C17H18FNO3/c18-12-6-8-13(9-7-12)22-11-3-10-19-16(20)14-4-1-2-5-15(14)17(19)21/h1-2,6-9,14-15H,3-5,10-11H2. The number of halogens is 1. The van der Waals surface area contributed by atoms with E-state index in [1.165, 1.54) is 17.0 Å². The SMILES string of the molecule is O=C1C2CC=CCC2C(=O)N1CCCOc1ccc(F)cc1. The number of carbonyl (C=O) groups is 2. The Hall–Kier alpha value is -2.17. The van der Waals surface area contributed by atoms with E-state index in [-0.39, 0.29) is 29.5 Å². The van der Waals surface area contributed by atoms with Gasteiger partial charge in [-0.1, -0.05) is 12.2 Å². The third kappa shape index (κ3) is 2.89. The van der Waals surface area contributed by atoms with E-state index in [0.717, 1.165) is 0 Å². The maximum atomic E-state index is 12.8. The van der Waals surface area contributed by atoms with Crippen LogP contribution < -0.4 is 4.74 Å². The minimum Gasteiger partial charge on any atom is -0.494 e. The van der Waals surface area contributed by atoms with Crippen LogP contribution in [-0.2, 0) is 9.59 Å². The van der Waals surface area contributed by atoms with E-state index < -0.39 is 0 Å². The van der Waals surface area contributed by atoms with Gasteiger partial charge in [-0.3, -0.25) is 14.5 Å². The number of rotatable bonds is 5. The number of imide groups is 1. The van der Waals surface area contributed by atoms with Crippen LogP contribution in [0.2, 0.25) is 0 Å². The van der Waals surface area contributed by atoms with Gasteiger partial charge in [-0.15, -0.1) is 0 Å². The zero-order valence-corrected chi connectivity index (χ0v) is 12.2. The molecule has 2 aliphatic rings. The van der Waals surface area contributed by atoms with Gasteiger partial charge in [0.2, 0.25) is 11.8 Å². The molecule has 1 aliphatic heterocycles. The second-order valence-electron chi connectivity index (χ2n) is 5.64. The number of hydrogen-bond donors (Lipinski definition) is 0. The van der Waals surface area contributed by atoms with E-state index in [1.807, 2.05) is 12.2 Å². The van der Waals surface area contributed by atoms with Crippen molar-refractivity contribution in [3.05, 3.63) is 42.2 Å². The van der Waals surface area contributed by atoms with E-state index in [0.29, 0.717) is 38.2 Å². The van der Waals surface area contributed by atoms with Crippen molar-refractivity contribution in [2.45, 2.75) is 19.3 Å². The highest BCUT2D eigenvalue weighted by atomic mass is 19.1. The van der Waals surface area contributed by atoms with Crippen LogP contribution in [0.15, 0.2) is 36.4 Å². The molecule has 0 spiro atoms. The smallest absolute Gasteiger partial charge is 0.233 e. The fourth-order valence-electron chi connectivity index (χ4n) is 3.03. The van der Waals surface area contributed by atoms with Crippen molar-refractivity contribution in [1.29, 1.82) is 0 Å². The Morgan fingerprint density at radius 3 is 2.23 bits per heavy atom. The Bertz CT molecular complexity index is 570. The van der Waals surface area contributed by atoms with Crippen LogP contribution in [0.3, 0.4) is 0 Å². The van der Waals surface area contributed by atoms with Crippen molar-refractivity contribution in [2.24, 2.45) is 11.8 Å². The van der Waals surface area contributed by atoms with Gasteiger partial charge in [-0.2, -0.15) is 0 Å². The number of likely N-dealkylation sites (tertiary alicyclic amines) is 1. The molecule has 5 heteroatoms. The Kier molecular flexibility index (Phi) is 4.22. The molecule has 0 bridgehead atoms. The number of amides is 2. The normalized spacial score (nSPS) is 23.8. The van der Waals surface area contributed by atoms with Gasteiger partial charge in [0.15, 0.2) is 0 Å². The molecule has 0 aromatic heterocycles. The maximum Gasteiger partial charge on any atom is 0.233 e. The lowest BCUT2D eigenvalue weighted by Gasteiger charge is -2.14. The summed E-state index contributed by atoms with van der Waals surface area (Å²) in [5.41, 5.74) is 0. The highest BCUT2D eigenvalue weighted by Gasteiger charge is 2.46. The number of carbonyl (C=O) groups excluding carboxylic acids is 2. The third-order valence-electron chi connectivity index (χ3n) is 4.21. The number of allylic oxidation sites excluding steroid dienone is 2. The van der Waals surface area contributed by atoms with Crippen molar-refractivity contribution >= 4 is 11.8 Å². The molecular formula is C17H18FNO3. The van der Waals surface area contributed by atoms with Crippen molar-refractivity contribution in [3.8, 4) is 5.75 Å². The zero-order valence-electron chi connectivity index (χ0n) is 12.2. The first-order chi connectivity index (χ1) is 10.7. The first-order valence-corrected chi connectivity index (χ1v) is 7.55. The van der Waals surface area contributed by atoms with E-state index in [4.69, 9.17) is 4.74 Å². The minimum absolute atomic E-state index is 0.0545. The number of ether oxygens (including phenoxy) is 1. The van der Waals surface area contributed by atoms with Crippen LogP contribution in [-0.4, -0.2) is 29.9 Å². The predicted molar refractivity (Wildman–Crippen MR) is 78.6 cm³/mol. The predicted octanol–water partition coefficient (Wildman–Crippen LogP) is 2.55. The van der Waals surface area contributed by atoms with Crippen LogP contribution in [0, 0.1) is 17.7 Å². The lowest BCUT2D eigenvalue weighted by Crippen LogP contribution is -2.32. The molecule has 1 aliphatic carbocycles. The van der Waals surface area contributed by atoms with E-state index in [9.17, 15) is 14.0 Å². The second kappa shape index (κ2) is 6.30. The molecule has 1 fully saturated rings. The minimum atomic E-state index is -0.308. The molecular weight excluding hydrogens is 285 g/mol. The first kappa shape index (κ1) is 14.8. The molecule has 0 N–H and O–H groups in total. The molecule has 2 unspecified atom stereocenters. The van der Waals surface area contributed by atoms with E-state index in [2.05, 4.69) is 0 Å². The molecule has 0 radical (unpaired) electrons. The summed E-state index contributed by atoms with van der Waals surface area (Å²) in [6.45, 7) is 0.766. The molecule has 116 valence electrons. The maximum absolute atomic E-state index is 12.8. The van der Waals surface area contributed by atoms with Gasteiger partial charge >= 0.3 is 0 Å². The Balaban J connectivity index is 1.48. The summed E-state index contributed by atoms with van der Waals surface area (Å²) < 4.78 is 18.3. The number of benzene rings is 1. The quantitative estimate of drug-likeness (QED) is 0.477. The lowest BCUT2D eigenvalue weighted by atomic mass is 9.85. The summed E-state index contributed by atoms with van der Waals surface area (Å²) in [5, 5.41) is 0. The average Bonchev–Trinajstić information content (AvgIpc) is 2.78. The molecule has 1 aromatic rings. The van der Waals surface area contributed by atoms with Gasteiger partial charge in [-0.25, -0.2) is 4.39 Å². The Morgan fingerprint density at radius 2 is 1.64 bits per heavy atom. The van der Waals surface area contributed by atoms with Crippen molar-refractivity contribution in [1.82, 2.24) is 4.90 Å². The highest BCUT2D eigenvalue weighted by Crippen LogP contribution is 2.34. The van der Waals surface area contributed by atoms with Gasteiger partial charge in [-0.05, 0) is 43.5 Å². The topological polar surface area (TPSA) is 46.6 Å². The zero-order chi connectivity index (χ0) is 15.5. The molecule has 1 aromatic carbocycles. The molecule has 1 heterocycles. The Labute approximate surface area is 128 Å². The van der Waals surface area contributed by atoms with Gasteiger partial charge in [0.25, 0.3) is 0 Å². The molecule has 2 amide bonds. The van der Waals surface area contributed by atoms with Crippen molar-refractivity contribution in [2.75, 3.05) is 13.2 Å². The summed E-state index contributed by atoms with van der Waals surface area (Å²) in [6.07, 6.45) is 5.86. The fourth-order valence-corrected chi connectivity index (χ4v) is 3.03.